The van der Waals surface area contributed by atoms with Gasteiger partial charge in [-0.15, -0.1) is 0 Å². The molecule has 1 amide bonds. The summed E-state index contributed by atoms with van der Waals surface area (Å²) in [6, 6.07) is -1.16. The minimum absolute atomic E-state index is 0.00934. The first kappa shape index (κ1) is 59.7. The van der Waals surface area contributed by atoms with Crippen molar-refractivity contribution in [3.63, 3.8) is 0 Å². The summed E-state index contributed by atoms with van der Waals surface area (Å²) < 4.78 is 40.9. The summed E-state index contributed by atoms with van der Waals surface area (Å²) in [5.74, 6) is -8.48. The Morgan fingerprint density at radius 3 is 2.27 bits per heavy atom. The van der Waals surface area contributed by atoms with Crippen molar-refractivity contribution in [2.45, 2.75) is 187 Å². The molecule has 2 bridgehead atoms. The van der Waals surface area contributed by atoms with Gasteiger partial charge in [-0.2, -0.15) is 0 Å². The number of piperidine rings is 1. The minimum atomic E-state index is -2.44. The maximum atomic E-state index is 14.5. The van der Waals surface area contributed by atoms with E-state index in [9.17, 15) is 39.0 Å². The van der Waals surface area contributed by atoms with Crippen molar-refractivity contribution in [3.05, 3.63) is 47.6 Å². The van der Waals surface area contributed by atoms with Crippen LogP contribution in [0, 0.1) is 35.5 Å². The molecule has 71 heavy (non-hydrogen) atoms. The second kappa shape index (κ2) is 28.5. The average Bonchev–Trinajstić information content (AvgIpc) is 3.34. The largest absolute Gasteiger partial charge is 0.463 e. The van der Waals surface area contributed by atoms with Crippen LogP contribution in [0.25, 0.3) is 0 Å². The zero-order chi connectivity index (χ0) is 52.6. The Kier molecular flexibility index (Phi) is 24.0. The Bertz CT molecular complexity index is 1930. The van der Waals surface area contributed by atoms with Crippen LogP contribution >= 0.6 is 0 Å². The van der Waals surface area contributed by atoms with E-state index in [1.807, 2.05) is 58.1 Å². The lowest BCUT2D eigenvalue weighted by Crippen LogP contribution is -2.61. The molecule has 4 aliphatic rings. The molecular formula is C55H85NO15. The van der Waals surface area contributed by atoms with E-state index < -0.39 is 77.8 Å². The number of carbonyl (C=O) groups is 6. The Morgan fingerprint density at radius 2 is 1.59 bits per heavy atom. The molecular weight excluding hydrogens is 915 g/mol. The number of esters is 2. The van der Waals surface area contributed by atoms with Crippen LogP contribution < -0.4 is 0 Å². The number of aliphatic hydroxyl groups is 2. The summed E-state index contributed by atoms with van der Waals surface area (Å²) in [5.41, 5.74) is 1.25. The summed E-state index contributed by atoms with van der Waals surface area (Å²) in [5, 5.41) is 23.5. The number of nitrogens with zero attached hydrogens (tertiary/aromatic N) is 1. The Labute approximate surface area is 422 Å². The van der Waals surface area contributed by atoms with Crippen molar-refractivity contribution in [1.29, 1.82) is 0 Å². The second-order valence-corrected chi connectivity index (χ2v) is 20.8. The van der Waals surface area contributed by atoms with Crippen LogP contribution in [0.3, 0.4) is 0 Å². The van der Waals surface area contributed by atoms with E-state index in [2.05, 4.69) is 0 Å². The third-order valence-electron chi connectivity index (χ3n) is 15.2. The van der Waals surface area contributed by atoms with Crippen molar-refractivity contribution in [1.82, 2.24) is 4.90 Å². The molecule has 3 heterocycles. The highest BCUT2D eigenvalue weighted by molar-refractivity contribution is 6.39. The van der Waals surface area contributed by atoms with Gasteiger partial charge in [-0.05, 0) is 107 Å². The number of fused-ring (bicyclic) bond motifs is 3. The molecule has 16 heteroatoms. The van der Waals surface area contributed by atoms with Crippen LogP contribution in [0.5, 0.6) is 0 Å². The van der Waals surface area contributed by atoms with Crippen LogP contribution in [0.2, 0.25) is 0 Å². The Balaban J connectivity index is 1.68. The number of aliphatic hydroxyl groups excluding tert-OH is 1. The lowest BCUT2D eigenvalue weighted by molar-refractivity contribution is -0.265. The highest BCUT2D eigenvalue weighted by atomic mass is 16.6. The van der Waals surface area contributed by atoms with Crippen LogP contribution in [0.15, 0.2) is 47.6 Å². The molecule has 15 atom stereocenters. The number of methoxy groups -OCH3 is 3. The Hall–Kier alpha value is -3.90. The third-order valence-corrected chi connectivity index (χ3v) is 15.2. The Morgan fingerprint density at radius 1 is 0.859 bits per heavy atom. The molecule has 16 nitrogen and oxygen atoms in total. The second-order valence-electron chi connectivity index (χ2n) is 20.8. The molecule has 0 radical (unpaired) electrons. The fourth-order valence-corrected chi connectivity index (χ4v) is 10.7. The zero-order valence-corrected chi connectivity index (χ0v) is 44.3. The number of hydrogen-bond acceptors (Lipinski definition) is 15. The molecule has 400 valence electrons. The average molecular weight is 1000 g/mol. The number of ether oxygens (including phenoxy) is 7. The number of amides is 1. The van der Waals surface area contributed by atoms with Crippen LogP contribution in [-0.2, 0) is 61.9 Å². The molecule has 1 saturated carbocycles. The van der Waals surface area contributed by atoms with Gasteiger partial charge in [-0.1, -0.05) is 71.1 Å². The summed E-state index contributed by atoms with van der Waals surface area (Å²) in [6.45, 7) is 14.4. The summed E-state index contributed by atoms with van der Waals surface area (Å²) in [6.07, 6.45) is 11.7. The highest BCUT2D eigenvalue weighted by Gasteiger charge is 2.53. The molecule has 3 fully saturated rings. The monoisotopic (exact) mass is 1000 g/mol. The molecule has 0 aromatic carbocycles. The fourth-order valence-electron chi connectivity index (χ4n) is 10.7. The van der Waals surface area contributed by atoms with E-state index in [-0.39, 0.29) is 80.1 Å². The molecule has 1 aliphatic carbocycles. The third kappa shape index (κ3) is 16.8. The number of Topliss-reactive ketones (excluding diaryl/α,β-unsaturated/α-hetero) is 3. The van der Waals surface area contributed by atoms with Crippen molar-refractivity contribution in [3.8, 4) is 0 Å². The van der Waals surface area contributed by atoms with E-state index >= 15 is 0 Å². The van der Waals surface area contributed by atoms with Gasteiger partial charge in [0.25, 0.3) is 11.7 Å². The molecule has 4 rings (SSSR count). The molecule has 2 saturated heterocycles. The van der Waals surface area contributed by atoms with Gasteiger partial charge in [0, 0.05) is 65.4 Å². The number of carbonyl (C=O) groups excluding carboxylic acids is 6. The van der Waals surface area contributed by atoms with Gasteiger partial charge in [-0.25, -0.2) is 4.79 Å². The highest BCUT2D eigenvalue weighted by Crippen LogP contribution is 2.38. The van der Waals surface area contributed by atoms with Crippen molar-refractivity contribution < 1.29 is 72.1 Å². The SMILES string of the molecule is CO[C@H]1C[C@@H]2CC[C@@H](C)[C@@](O)(O2)C(=O)C(=O)N2CCCC[C@H]2C(=O)O[C@H]([C@H](C)C[C@H]2CC[C@@H](OCCOC(C)=O)[C@H](OC)C2)CC(=O)[C@H](C)/C=C(\C)[C@@H](O)[C@@H](OC)C(=O)[C@H](C)C[C@H](C)\C=C/C=C/C=C/1C. The van der Waals surface area contributed by atoms with E-state index in [1.54, 1.807) is 41.1 Å². The zero-order valence-electron chi connectivity index (χ0n) is 44.3. The topological polar surface area (TPSA) is 211 Å². The maximum absolute atomic E-state index is 14.5. The van der Waals surface area contributed by atoms with Gasteiger partial charge in [0.05, 0.1) is 31.0 Å². The summed E-state index contributed by atoms with van der Waals surface area (Å²) >= 11 is 0. The number of hydrogen-bond donors (Lipinski definition) is 2. The van der Waals surface area contributed by atoms with Gasteiger partial charge in [0.1, 0.15) is 36.7 Å². The minimum Gasteiger partial charge on any atom is -0.463 e. The lowest BCUT2D eigenvalue weighted by atomic mass is 9.78. The number of allylic oxidation sites excluding steroid dienone is 6. The van der Waals surface area contributed by atoms with Crippen molar-refractivity contribution in [2.75, 3.05) is 41.1 Å². The fraction of sp³-hybridized carbons (Fsp3) is 0.745. The van der Waals surface area contributed by atoms with Crippen LogP contribution in [0.4, 0.5) is 0 Å². The molecule has 0 spiro atoms. The number of cyclic esters (lactones) is 1. The van der Waals surface area contributed by atoms with Gasteiger partial charge in [0.15, 0.2) is 5.78 Å². The smallest absolute Gasteiger partial charge is 0.329 e. The van der Waals surface area contributed by atoms with Crippen LogP contribution in [-0.4, -0.2) is 146 Å². The summed E-state index contributed by atoms with van der Waals surface area (Å²) in [7, 11) is 4.57. The molecule has 3 aliphatic heterocycles. The van der Waals surface area contributed by atoms with Crippen LogP contribution in [0.1, 0.15) is 132 Å². The van der Waals surface area contributed by atoms with Crippen molar-refractivity contribution in [2.24, 2.45) is 35.5 Å². The van der Waals surface area contributed by atoms with E-state index in [0.717, 1.165) is 12.0 Å². The van der Waals surface area contributed by atoms with E-state index in [0.29, 0.717) is 63.4 Å². The molecule has 0 aromatic rings. The molecule has 2 N–H and O–H groups in total. The summed E-state index contributed by atoms with van der Waals surface area (Å²) in [4.78, 5) is 83.6. The van der Waals surface area contributed by atoms with Gasteiger partial charge < -0.3 is 48.3 Å². The quantitative estimate of drug-likeness (QED) is 0.100. The normalized spacial score (nSPS) is 37.9. The molecule has 0 aromatic heterocycles. The van der Waals surface area contributed by atoms with E-state index in [1.165, 1.54) is 18.9 Å². The number of rotatable bonds is 10. The first-order chi connectivity index (χ1) is 33.6. The van der Waals surface area contributed by atoms with Gasteiger partial charge >= 0.3 is 11.9 Å². The first-order valence-electron chi connectivity index (χ1n) is 25.9. The van der Waals surface area contributed by atoms with Gasteiger partial charge in [0.2, 0.25) is 5.79 Å². The lowest BCUT2D eigenvalue weighted by Gasteiger charge is -2.42. The van der Waals surface area contributed by atoms with Gasteiger partial charge in [-0.3, -0.25) is 24.0 Å². The standard InChI is InChI=1S/C55H85NO15/c1-33-17-13-12-14-18-34(2)46(65-9)31-42-22-20-39(7)55(64,71-42)52(61)53(62)56-24-16-15-19-43(56)54(63)70-47(32-44(58)35(3)28-38(6)50(60)51(67-11)49(59)37(5)27-33)36(4)29-41-21-23-45(48(30-41)66-10)69-26-25-68-40(8)57/h12-14,17-18,28,33,35-37,39,41-43,45-48,50-51,60,64H,15-16,19-27,29-32H2,1-11H3/b14-12+,17-13-,34-18+,38-28+/t33-,35-,36-,37-,39-,41-,42+,43+,45-,46+,47+,48-,50-,51+,55-/m1/s1. The predicted molar refractivity (Wildman–Crippen MR) is 266 cm³/mol. The van der Waals surface area contributed by atoms with E-state index in [4.69, 9.17) is 33.2 Å². The number of ketones is 3. The van der Waals surface area contributed by atoms with Crippen molar-refractivity contribution >= 4 is 35.2 Å². The predicted octanol–water partition coefficient (Wildman–Crippen LogP) is 6.77. The first-order valence-corrected chi connectivity index (χ1v) is 25.9. The maximum Gasteiger partial charge on any atom is 0.329 e. The molecule has 0 unspecified atom stereocenters.